The standard InChI is InChI=1S/C11H9Cl3N2O3/c12-5-2-6(13)10-8(9(5)14)4(3-16(10)19)1-7(15)11(17)18/h2-3,7,19H,1,15H2,(H,17,18). The summed E-state index contributed by atoms with van der Waals surface area (Å²) in [5.74, 6) is -1.15. The lowest BCUT2D eigenvalue weighted by atomic mass is 10.1. The van der Waals surface area contributed by atoms with E-state index in [0.717, 1.165) is 4.73 Å². The molecule has 0 aliphatic rings. The second-order valence-electron chi connectivity index (χ2n) is 4.03. The minimum Gasteiger partial charge on any atom is -0.480 e. The van der Waals surface area contributed by atoms with Gasteiger partial charge in [0.2, 0.25) is 0 Å². The highest BCUT2D eigenvalue weighted by molar-refractivity contribution is 6.47. The largest absolute Gasteiger partial charge is 0.480 e. The summed E-state index contributed by atoms with van der Waals surface area (Å²) < 4.78 is 0.782. The predicted octanol–water partition coefficient (Wildman–Crippen LogP) is 2.79. The van der Waals surface area contributed by atoms with Gasteiger partial charge in [-0.25, -0.2) is 0 Å². The molecule has 0 fully saturated rings. The van der Waals surface area contributed by atoms with Crippen LogP contribution in [0.2, 0.25) is 15.1 Å². The van der Waals surface area contributed by atoms with Gasteiger partial charge < -0.3 is 16.0 Å². The maximum absolute atomic E-state index is 10.8. The first-order valence-corrected chi connectivity index (χ1v) is 6.31. The molecule has 1 heterocycles. The highest BCUT2D eigenvalue weighted by atomic mass is 35.5. The van der Waals surface area contributed by atoms with Crippen molar-refractivity contribution in [3.63, 3.8) is 0 Å². The van der Waals surface area contributed by atoms with Crippen LogP contribution in [0.1, 0.15) is 5.56 Å². The van der Waals surface area contributed by atoms with Crippen molar-refractivity contribution in [3.05, 3.63) is 32.9 Å². The van der Waals surface area contributed by atoms with Gasteiger partial charge >= 0.3 is 5.97 Å². The third-order valence-corrected chi connectivity index (χ3v) is 3.81. The Bertz CT molecular complexity index is 669. The molecule has 2 rings (SSSR count). The summed E-state index contributed by atoms with van der Waals surface area (Å²) in [4.78, 5) is 10.8. The van der Waals surface area contributed by atoms with Crippen LogP contribution in [0, 0.1) is 0 Å². The number of halogens is 3. The van der Waals surface area contributed by atoms with Gasteiger partial charge in [-0.1, -0.05) is 34.8 Å². The first-order valence-electron chi connectivity index (χ1n) is 5.18. The number of benzene rings is 1. The number of carboxylic acids is 1. The molecule has 0 saturated heterocycles. The Hall–Kier alpha value is -1.14. The van der Waals surface area contributed by atoms with Gasteiger partial charge in [-0.2, -0.15) is 4.73 Å². The van der Waals surface area contributed by atoms with E-state index >= 15 is 0 Å². The van der Waals surface area contributed by atoms with E-state index in [4.69, 9.17) is 45.6 Å². The lowest BCUT2D eigenvalue weighted by Gasteiger charge is -2.06. The Morgan fingerprint density at radius 1 is 1.37 bits per heavy atom. The van der Waals surface area contributed by atoms with Gasteiger partial charge in [0.25, 0.3) is 0 Å². The number of carbonyl (C=O) groups is 1. The topological polar surface area (TPSA) is 88.5 Å². The predicted molar refractivity (Wildman–Crippen MR) is 73.5 cm³/mol. The molecule has 1 unspecified atom stereocenters. The summed E-state index contributed by atoms with van der Waals surface area (Å²) in [6, 6.07) is 0.293. The summed E-state index contributed by atoms with van der Waals surface area (Å²) in [5, 5.41) is 19.6. The Morgan fingerprint density at radius 3 is 2.58 bits per heavy atom. The number of nitrogens with zero attached hydrogens (tertiary/aromatic N) is 1. The van der Waals surface area contributed by atoms with Crippen LogP contribution in [-0.4, -0.2) is 27.1 Å². The van der Waals surface area contributed by atoms with Gasteiger partial charge in [0.15, 0.2) is 0 Å². The van der Waals surface area contributed by atoms with Crippen LogP contribution >= 0.6 is 34.8 Å². The molecule has 4 N–H and O–H groups in total. The Kier molecular flexibility index (Phi) is 3.82. The molecule has 0 spiro atoms. The molecular formula is C11H9Cl3N2O3. The zero-order chi connectivity index (χ0) is 14.3. The van der Waals surface area contributed by atoms with Crippen molar-refractivity contribution >= 4 is 51.7 Å². The van der Waals surface area contributed by atoms with Crippen molar-refractivity contribution in [2.75, 3.05) is 0 Å². The molecule has 0 amide bonds. The summed E-state index contributed by atoms with van der Waals surface area (Å²) in [5.41, 5.74) is 6.20. The van der Waals surface area contributed by atoms with Gasteiger partial charge in [-0.05, 0) is 11.6 Å². The quantitative estimate of drug-likeness (QED) is 0.598. The molecule has 1 aromatic heterocycles. The minimum absolute atomic E-state index is 0.00418. The van der Waals surface area contributed by atoms with Gasteiger partial charge in [0.05, 0.1) is 15.1 Å². The summed E-state index contributed by atoms with van der Waals surface area (Å²) in [6.45, 7) is 0. The molecule has 0 saturated carbocycles. The van der Waals surface area contributed by atoms with Crippen molar-refractivity contribution in [1.29, 1.82) is 0 Å². The van der Waals surface area contributed by atoms with E-state index in [1.54, 1.807) is 0 Å². The van der Waals surface area contributed by atoms with Crippen LogP contribution in [0.4, 0.5) is 0 Å². The lowest BCUT2D eigenvalue weighted by Crippen LogP contribution is -2.32. The summed E-state index contributed by atoms with van der Waals surface area (Å²) >= 11 is 18.0. The summed E-state index contributed by atoms with van der Waals surface area (Å²) in [7, 11) is 0. The molecule has 2 aromatic rings. The van der Waals surface area contributed by atoms with E-state index in [9.17, 15) is 10.0 Å². The SMILES string of the molecule is NC(Cc1cn(O)c2c(Cl)cc(Cl)c(Cl)c12)C(=O)O. The number of hydrogen-bond acceptors (Lipinski definition) is 3. The van der Waals surface area contributed by atoms with E-state index in [1.165, 1.54) is 12.3 Å². The molecular weight excluding hydrogens is 314 g/mol. The van der Waals surface area contributed by atoms with Crippen LogP contribution < -0.4 is 5.73 Å². The molecule has 102 valence electrons. The fourth-order valence-electron chi connectivity index (χ4n) is 1.86. The summed E-state index contributed by atoms with van der Waals surface area (Å²) in [6.07, 6.45) is 1.32. The molecule has 5 nitrogen and oxygen atoms in total. The van der Waals surface area contributed by atoms with Crippen molar-refractivity contribution in [2.45, 2.75) is 12.5 Å². The number of rotatable bonds is 3. The Labute approximate surface area is 123 Å². The highest BCUT2D eigenvalue weighted by Gasteiger charge is 2.21. The average molecular weight is 324 g/mol. The minimum atomic E-state index is -1.15. The van der Waals surface area contributed by atoms with Gasteiger partial charge in [0, 0.05) is 18.0 Å². The van der Waals surface area contributed by atoms with Gasteiger partial charge in [-0.3, -0.25) is 4.79 Å². The number of fused-ring (bicyclic) bond motifs is 1. The van der Waals surface area contributed by atoms with E-state index in [2.05, 4.69) is 0 Å². The molecule has 19 heavy (non-hydrogen) atoms. The smallest absolute Gasteiger partial charge is 0.320 e. The highest BCUT2D eigenvalue weighted by Crippen LogP contribution is 2.38. The van der Waals surface area contributed by atoms with Crippen LogP contribution in [0.3, 0.4) is 0 Å². The number of aliphatic carboxylic acids is 1. The van der Waals surface area contributed by atoms with Gasteiger partial charge in [0.1, 0.15) is 11.6 Å². The molecule has 0 aliphatic carbocycles. The number of carboxylic acid groups (broad SMARTS) is 1. The Balaban J connectivity index is 2.66. The van der Waals surface area contributed by atoms with Crippen LogP contribution in [0.25, 0.3) is 10.9 Å². The molecule has 1 aromatic carbocycles. The third-order valence-electron chi connectivity index (χ3n) is 2.73. The second-order valence-corrected chi connectivity index (χ2v) is 5.22. The van der Waals surface area contributed by atoms with E-state index in [1.807, 2.05) is 0 Å². The zero-order valence-electron chi connectivity index (χ0n) is 9.40. The Morgan fingerprint density at radius 2 is 2.00 bits per heavy atom. The molecule has 1 atom stereocenters. The van der Waals surface area contributed by atoms with Crippen molar-refractivity contribution in [3.8, 4) is 0 Å². The maximum Gasteiger partial charge on any atom is 0.320 e. The molecule has 0 radical (unpaired) electrons. The zero-order valence-corrected chi connectivity index (χ0v) is 11.7. The monoisotopic (exact) mass is 322 g/mol. The second kappa shape index (κ2) is 5.09. The number of hydrogen-bond donors (Lipinski definition) is 3. The van der Waals surface area contributed by atoms with Crippen molar-refractivity contribution in [2.24, 2.45) is 5.73 Å². The third kappa shape index (κ3) is 2.47. The van der Waals surface area contributed by atoms with Crippen LogP contribution in [0.5, 0.6) is 0 Å². The van der Waals surface area contributed by atoms with Gasteiger partial charge in [-0.15, -0.1) is 0 Å². The molecule has 0 aliphatic heterocycles. The van der Waals surface area contributed by atoms with E-state index < -0.39 is 12.0 Å². The maximum atomic E-state index is 10.8. The number of nitrogens with two attached hydrogens (primary N) is 1. The van der Waals surface area contributed by atoms with E-state index in [-0.39, 0.29) is 27.0 Å². The normalized spacial score (nSPS) is 12.8. The first kappa shape index (κ1) is 14.3. The average Bonchev–Trinajstić information content (AvgIpc) is 2.63. The van der Waals surface area contributed by atoms with Crippen molar-refractivity contribution in [1.82, 2.24) is 4.73 Å². The molecule has 8 heteroatoms. The van der Waals surface area contributed by atoms with Crippen LogP contribution in [0.15, 0.2) is 12.3 Å². The fraction of sp³-hybridized carbons (Fsp3) is 0.182. The van der Waals surface area contributed by atoms with Crippen LogP contribution in [-0.2, 0) is 11.2 Å². The lowest BCUT2D eigenvalue weighted by molar-refractivity contribution is -0.138. The first-order chi connectivity index (χ1) is 8.82. The van der Waals surface area contributed by atoms with Crippen molar-refractivity contribution < 1.29 is 15.1 Å². The molecule has 0 bridgehead atoms. The fourth-order valence-corrected chi connectivity index (χ4v) is 2.67. The number of aromatic nitrogens is 1. The van der Waals surface area contributed by atoms with E-state index in [0.29, 0.717) is 10.9 Å².